The van der Waals surface area contributed by atoms with E-state index in [1.165, 1.54) is 5.56 Å². The van der Waals surface area contributed by atoms with Gasteiger partial charge in [0.25, 0.3) is 5.89 Å². The van der Waals surface area contributed by atoms with E-state index in [4.69, 9.17) is 4.42 Å². The number of fused-ring (bicyclic) bond motifs is 1. The van der Waals surface area contributed by atoms with Crippen molar-refractivity contribution in [3.05, 3.63) is 29.7 Å². The number of rotatable bonds is 2. The molecule has 1 aliphatic rings. The number of benzene rings is 1. The van der Waals surface area contributed by atoms with Crippen LogP contribution in [0.2, 0.25) is 0 Å². The van der Waals surface area contributed by atoms with Crippen molar-refractivity contribution in [3.8, 4) is 0 Å². The topological polar surface area (TPSA) is 38.4 Å². The molecular weight excluding hydrogens is 244 g/mol. The van der Waals surface area contributed by atoms with E-state index in [0.29, 0.717) is 17.1 Å². The molecule has 0 spiro atoms. The Kier molecular flexibility index (Phi) is 2.90. The Morgan fingerprint density at radius 1 is 1.39 bits per heavy atom. The smallest absolute Gasteiger partial charge is 0.252 e. The largest absolute Gasteiger partial charge is 0.434 e. The molecule has 94 valence electrons. The van der Waals surface area contributed by atoms with E-state index in [-0.39, 0.29) is 0 Å². The Morgan fingerprint density at radius 2 is 2.22 bits per heavy atom. The molecule has 3 nitrogen and oxygen atoms in total. The molecule has 0 N–H and O–H groups in total. The van der Waals surface area contributed by atoms with E-state index >= 15 is 0 Å². The van der Waals surface area contributed by atoms with E-state index in [1.807, 2.05) is 12.1 Å². The number of oxazole rings is 1. The lowest BCUT2D eigenvalue weighted by Gasteiger charge is -2.10. The molecule has 1 aromatic carbocycles. The molecular formula is C14H16N2OS. The second-order valence-electron chi connectivity index (χ2n) is 5.04. The predicted molar refractivity (Wildman–Crippen MR) is 76.4 cm³/mol. The summed E-state index contributed by atoms with van der Waals surface area (Å²) in [5.41, 5.74) is 2.94. The molecule has 2 heterocycles. The van der Waals surface area contributed by atoms with Crippen molar-refractivity contribution in [2.24, 2.45) is 10.9 Å². The van der Waals surface area contributed by atoms with Gasteiger partial charge in [-0.1, -0.05) is 31.7 Å². The molecule has 0 amide bonds. The van der Waals surface area contributed by atoms with Crippen LogP contribution in [0.5, 0.6) is 0 Å². The second-order valence-corrected chi connectivity index (χ2v) is 6.26. The molecule has 0 aliphatic carbocycles. The van der Waals surface area contributed by atoms with E-state index in [1.54, 1.807) is 11.8 Å². The van der Waals surface area contributed by atoms with Crippen LogP contribution in [0.1, 0.15) is 25.3 Å². The third-order valence-corrected chi connectivity index (χ3v) is 4.67. The van der Waals surface area contributed by atoms with Crippen molar-refractivity contribution in [3.63, 3.8) is 0 Å². The first kappa shape index (κ1) is 11.8. The molecule has 0 radical (unpaired) electrons. The third kappa shape index (κ3) is 2.05. The Labute approximate surface area is 111 Å². The number of aryl methyl sites for hydroxylation is 1. The number of nitrogens with zero attached hydrogens (tertiary/aromatic N) is 2. The first-order valence-corrected chi connectivity index (χ1v) is 7.10. The van der Waals surface area contributed by atoms with Crippen LogP contribution in [0.15, 0.2) is 27.6 Å². The van der Waals surface area contributed by atoms with Crippen molar-refractivity contribution in [2.75, 3.05) is 6.54 Å². The number of hydrogen-bond acceptors (Lipinski definition) is 4. The normalized spacial score (nSPS) is 19.8. The van der Waals surface area contributed by atoms with Gasteiger partial charge in [0.05, 0.1) is 6.54 Å². The van der Waals surface area contributed by atoms with Gasteiger partial charge in [0, 0.05) is 5.25 Å². The number of aliphatic imine (C=N–C) groups is 1. The first-order valence-electron chi connectivity index (χ1n) is 6.22. The van der Waals surface area contributed by atoms with Crippen LogP contribution in [-0.2, 0) is 0 Å². The molecule has 1 aromatic heterocycles. The number of thioether (sulfide) groups is 1. The summed E-state index contributed by atoms with van der Waals surface area (Å²) in [4.78, 5) is 9.06. The molecule has 4 heteroatoms. The van der Waals surface area contributed by atoms with Crippen LogP contribution in [0.4, 0.5) is 0 Å². The summed E-state index contributed by atoms with van der Waals surface area (Å²) in [6, 6.07) is 6.07. The van der Waals surface area contributed by atoms with Crippen LogP contribution in [0, 0.1) is 12.8 Å². The maximum atomic E-state index is 5.80. The minimum atomic E-state index is 0.553. The minimum Gasteiger partial charge on any atom is -0.434 e. The van der Waals surface area contributed by atoms with Crippen molar-refractivity contribution in [1.82, 2.24) is 4.98 Å². The lowest BCUT2D eigenvalue weighted by atomic mass is 10.1. The summed E-state index contributed by atoms with van der Waals surface area (Å²) in [6.45, 7) is 7.38. The summed E-state index contributed by atoms with van der Waals surface area (Å²) >= 11 is 1.79. The van der Waals surface area contributed by atoms with Crippen molar-refractivity contribution >= 4 is 27.9 Å². The van der Waals surface area contributed by atoms with Gasteiger partial charge in [-0.15, -0.1) is 0 Å². The van der Waals surface area contributed by atoms with Gasteiger partial charge >= 0.3 is 0 Å². The van der Waals surface area contributed by atoms with Gasteiger partial charge < -0.3 is 4.42 Å². The lowest BCUT2D eigenvalue weighted by Crippen LogP contribution is -2.11. The highest BCUT2D eigenvalue weighted by Gasteiger charge is 2.26. The van der Waals surface area contributed by atoms with E-state index < -0.39 is 0 Å². The van der Waals surface area contributed by atoms with Gasteiger partial charge in [-0.05, 0) is 30.5 Å². The highest BCUT2D eigenvalue weighted by molar-refractivity contribution is 8.15. The molecule has 0 bridgehead atoms. The summed E-state index contributed by atoms with van der Waals surface area (Å²) < 4.78 is 5.80. The molecule has 0 saturated heterocycles. The van der Waals surface area contributed by atoms with Gasteiger partial charge in [0.15, 0.2) is 10.6 Å². The second kappa shape index (κ2) is 4.43. The number of aromatic nitrogens is 1. The Balaban J connectivity index is 1.92. The molecule has 18 heavy (non-hydrogen) atoms. The maximum absolute atomic E-state index is 5.80. The molecule has 2 aromatic rings. The first-order chi connectivity index (χ1) is 8.63. The predicted octanol–water partition coefficient (Wildman–Crippen LogP) is 3.65. The van der Waals surface area contributed by atoms with E-state index in [0.717, 1.165) is 22.7 Å². The maximum Gasteiger partial charge on any atom is 0.252 e. The molecule has 1 atom stereocenters. The Morgan fingerprint density at radius 3 is 2.94 bits per heavy atom. The fourth-order valence-electron chi connectivity index (χ4n) is 1.98. The molecule has 1 aliphatic heterocycles. The summed E-state index contributed by atoms with van der Waals surface area (Å²) in [5, 5.41) is 1.50. The monoisotopic (exact) mass is 260 g/mol. The summed E-state index contributed by atoms with van der Waals surface area (Å²) in [7, 11) is 0. The third-order valence-electron chi connectivity index (χ3n) is 3.15. The Hall–Kier alpha value is -1.29. The standard InChI is InChI=1S/C14H16N2OS/c1-8(2)12-7-15-14(18-12)13-16-10-5-4-9(3)6-11(10)17-13/h4-6,8,12H,7H2,1-3H3. The summed E-state index contributed by atoms with van der Waals surface area (Å²) in [6.07, 6.45) is 0. The zero-order valence-electron chi connectivity index (χ0n) is 10.8. The molecule has 0 saturated carbocycles. The zero-order chi connectivity index (χ0) is 12.7. The van der Waals surface area contributed by atoms with Crippen LogP contribution in [0.3, 0.4) is 0 Å². The molecule has 1 unspecified atom stereocenters. The molecule has 3 rings (SSSR count). The van der Waals surface area contributed by atoms with Crippen LogP contribution in [0.25, 0.3) is 11.1 Å². The quantitative estimate of drug-likeness (QED) is 0.827. The minimum absolute atomic E-state index is 0.553. The van der Waals surface area contributed by atoms with Crippen LogP contribution < -0.4 is 0 Å². The highest BCUT2D eigenvalue weighted by Crippen LogP contribution is 2.31. The van der Waals surface area contributed by atoms with Crippen LogP contribution >= 0.6 is 11.8 Å². The summed E-state index contributed by atoms with van der Waals surface area (Å²) in [5.74, 6) is 1.30. The van der Waals surface area contributed by atoms with Crippen LogP contribution in [-0.4, -0.2) is 21.8 Å². The fourth-order valence-corrected chi connectivity index (χ4v) is 3.02. The van der Waals surface area contributed by atoms with E-state index in [9.17, 15) is 0 Å². The highest BCUT2D eigenvalue weighted by atomic mass is 32.2. The van der Waals surface area contributed by atoms with Crippen molar-refractivity contribution in [1.29, 1.82) is 0 Å². The van der Waals surface area contributed by atoms with Crippen molar-refractivity contribution in [2.45, 2.75) is 26.0 Å². The Bertz CT molecular complexity index is 615. The van der Waals surface area contributed by atoms with Gasteiger partial charge in [0.1, 0.15) is 5.52 Å². The fraction of sp³-hybridized carbons (Fsp3) is 0.429. The van der Waals surface area contributed by atoms with Gasteiger partial charge in [-0.2, -0.15) is 0 Å². The lowest BCUT2D eigenvalue weighted by molar-refractivity contribution is 0.591. The average molecular weight is 260 g/mol. The van der Waals surface area contributed by atoms with Gasteiger partial charge in [-0.25, -0.2) is 4.98 Å². The molecule has 0 fully saturated rings. The van der Waals surface area contributed by atoms with Crippen molar-refractivity contribution < 1.29 is 4.42 Å². The number of hydrogen-bond donors (Lipinski definition) is 0. The van der Waals surface area contributed by atoms with Gasteiger partial charge in [-0.3, -0.25) is 4.99 Å². The van der Waals surface area contributed by atoms with Gasteiger partial charge in [0.2, 0.25) is 0 Å². The van der Waals surface area contributed by atoms with E-state index in [2.05, 4.69) is 36.8 Å². The zero-order valence-corrected chi connectivity index (χ0v) is 11.6. The average Bonchev–Trinajstić information content (AvgIpc) is 2.93. The SMILES string of the molecule is Cc1ccc2nc(C3=NCC(C(C)C)S3)oc2c1.